The molecule has 0 amide bonds. The van der Waals surface area contributed by atoms with E-state index in [4.69, 9.17) is 21.1 Å². The Hall–Kier alpha value is -4.37. The molecule has 0 atom stereocenters. The lowest BCUT2D eigenvalue weighted by Gasteiger charge is -2.13. The molecule has 0 spiro atoms. The van der Waals surface area contributed by atoms with E-state index < -0.39 is 5.82 Å². The molecule has 0 bridgehead atoms. The number of rotatable bonds is 4. The van der Waals surface area contributed by atoms with Crippen molar-refractivity contribution >= 4 is 55.0 Å². The summed E-state index contributed by atoms with van der Waals surface area (Å²) in [4.78, 5) is 27.4. The Bertz CT molecular complexity index is 1940. The average Bonchev–Trinajstić information content (AvgIpc) is 2.88. The molecule has 0 unspecified atom stereocenters. The van der Waals surface area contributed by atoms with Gasteiger partial charge in [0.05, 0.1) is 28.6 Å². The predicted molar refractivity (Wildman–Crippen MR) is 153 cm³/mol. The molecule has 4 aromatic heterocycles. The number of H-pyrrole nitrogens is 1. The summed E-state index contributed by atoms with van der Waals surface area (Å²) in [5.41, 5.74) is 0.836. The maximum atomic E-state index is 13.6. The zero-order valence-corrected chi connectivity index (χ0v) is 22.9. The first-order chi connectivity index (χ1) is 19.1. The first-order valence-electron chi connectivity index (χ1n) is 12.6. The molecular formula is C30H25ClF2N4O3. The monoisotopic (exact) mass is 562 g/mol. The van der Waals surface area contributed by atoms with Crippen LogP contribution in [0.1, 0.15) is 27.7 Å². The van der Waals surface area contributed by atoms with Crippen molar-refractivity contribution in [2.24, 2.45) is 0 Å². The number of aromatic nitrogens is 4. The van der Waals surface area contributed by atoms with Crippen LogP contribution in [0.25, 0.3) is 43.4 Å². The maximum absolute atomic E-state index is 13.6. The van der Waals surface area contributed by atoms with E-state index in [0.717, 1.165) is 5.39 Å². The Balaban J connectivity index is 0.000000161. The van der Waals surface area contributed by atoms with E-state index in [9.17, 15) is 13.6 Å². The zero-order valence-electron chi connectivity index (χ0n) is 22.1. The lowest BCUT2D eigenvalue weighted by atomic mass is 10.1. The summed E-state index contributed by atoms with van der Waals surface area (Å²) < 4.78 is 38.5. The number of hydrogen-bond donors (Lipinski definition) is 1. The van der Waals surface area contributed by atoms with Gasteiger partial charge in [-0.1, -0.05) is 11.6 Å². The van der Waals surface area contributed by atoms with Gasteiger partial charge in [-0.2, -0.15) is 0 Å². The molecule has 204 valence electrons. The number of halogens is 3. The van der Waals surface area contributed by atoms with Gasteiger partial charge < -0.3 is 14.5 Å². The van der Waals surface area contributed by atoms with Gasteiger partial charge >= 0.3 is 0 Å². The second kappa shape index (κ2) is 11.0. The first kappa shape index (κ1) is 27.2. The van der Waals surface area contributed by atoms with Crippen LogP contribution in [0.4, 0.5) is 8.78 Å². The highest BCUT2D eigenvalue weighted by Crippen LogP contribution is 2.34. The summed E-state index contributed by atoms with van der Waals surface area (Å²) in [6.07, 6.45) is 3.00. The first-order valence-corrected chi connectivity index (χ1v) is 13.0. The summed E-state index contributed by atoms with van der Waals surface area (Å²) >= 11 is 6.13. The van der Waals surface area contributed by atoms with Gasteiger partial charge in [0, 0.05) is 39.3 Å². The number of hydrogen-bond acceptors (Lipinski definition) is 6. The molecule has 6 rings (SSSR count). The van der Waals surface area contributed by atoms with Crippen molar-refractivity contribution in [3.63, 3.8) is 0 Å². The van der Waals surface area contributed by atoms with Crippen molar-refractivity contribution in [1.29, 1.82) is 0 Å². The zero-order chi connectivity index (χ0) is 28.6. The fraction of sp³-hybridized carbons (Fsp3) is 0.200. The highest BCUT2D eigenvalue weighted by Gasteiger charge is 2.15. The van der Waals surface area contributed by atoms with Crippen LogP contribution < -0.4 is 15.0 Å². The molecule has 1 N–H and O–H groups in total. The van der Waals surface area contributed by atoms with E-state index in [1.165, 1.54) is 30.5 Å². The number of nitrogens with zero attached hydrogens (tertiary/aromatic N) is 3. The van der Waals surface area contributed by atoms with Crippen LogP contribution >= 0.6 is 11.6 Å². The minimum Gasteiger partial charge on any atom is -0.474 e. The average molecular weight is 563 g/mol. The van der Waals surface area contributed by atoms with Crippen molar-refractivity contribution < 1.29 is 18.3 Å². The number of aromatic amines is 1. The lowest BCUT2D eigenvalue weighted by Crippen LogP contribution is -2.10. The SMILES string of the molecule is CC(C)Oc1nc2cc[nH]c(=O)c2c2cc(F)ccc12.CC(C)Oc1nc2ccnc(Cl)c2c2cc(F)ccc12. The van der Waals surface area contributed by atoms with Crippen LogP contribution in [0.2, 0.25) is 5.15 Å². The molecule has 4 heterocycles. The minimum atomic E-state index is -0.399. The highest BCUT2D eigenvalue weighted by atomic mass is 35.5. The normalized spacial score (nSPS) is 11.4. The quantitative estimate of drug-likeness (QED) is 0.178. The van der Waals surface area contributed by atoms with Crippen molar-refractivity contribution in [2.45, 2.75) is 39.9 Å². The molecule has 0 radical (unpaired) electrons. The van der Waals surface area contributed by atoms with Crippen molar-refractivity contribution in [3.05, 3.63) is 88.1 Å². The molecule has 0 fully saturated rings. The highest BCUT2D eigenvalue weighted by molar-refractivity contribution is 6.36. The fourth-order valence-corrected chi connectivity index (χ4v) is 4.63. The van der Waals surface area contributed by atoms with Gasteiger partial charge in [-0.3, -0.25) is 4.79 Å². The van der Waals surface area contributed by atoms with E-state index in [0.29, 0.717) is 54.9 Å². The Labute approximate surface area is 232 Å². The summed E-state index contributed by atoms with van der Waals surface area (Å²) in [6.45, 7) is 7.61. The lowest BCUT2D eigenvalue weighted by molar-refractivity contribution is 0.236. The van der Waals surface area contributed by atoms with Gasteiger partial charge in [-0.15, -0.1) is 0 Å². The van der Waals surface area contributed by atoms with E-state index in [-0.39, 0.29) is 23.6 Å². The second-order valence-corrected chi connectivity index (χ2v) is 9.97. The third-order valence-corrected chi connectivity index (χ3v) is 6.21. The fourth-order valence-electron chi connectivity index (χ4n) is 4.38. The van der Waals surface area contributed by atoms with Crippen LogP contribution in [0.5, 0.6) is 11.8 Å². The molecular weight excluding hydrogens is 538 g/mol. The summed E-state index contributed by atoms with van der Waals surface area (Å²) in [5, 5.41) is 3.84. The molecule has 40 heavy (non-hydrogen) atoms. The number of ether oxygens (including phenoxy) is 2. The molecule has 0 aliphatic heterocycles. The smallest absolute Gasteiger partial charge is 0.258 e. The van der Waals surface area contributed by atoms with Crippen LogP contribution in [0.15, 0.2) is 65.7 Å². The number of fused-ring (bicyclic) bond motifs is 6. The van der Waals surface area contributed by atoms with Crippen molar-refractivity contribution in [1.82, 2.24) is 19.9 Å². The summed E-state index contributed by atoms with van der Waals surface area (Å²) in [7, 11) is 0. The molecule has 7 nitrogen and oxygen atoms in total. The molecule has 10 heteroatoms. The Morgan fingerprint density at radius 2 is 1.27 bits per heavy atom. The van der Waals surface area contributed by atoms with Crippen LogP contribution in [0, 0.1) is 11.6 Å². The Morgan fingerprint density at radius 3 is 1.82 bits per heavy atom. The van der Waals surface area contributed by atoms with Gasteiger partial charge in [0.1, 0.15) is 16.8 Å². The van der Waals surface area contributed by atoms with Crippen molar-refractivity contribution in [3.8, 4) is 11.8 Å². The van der Waals surface area contributed by atoms with Crippen LogP contribution in [0.3, 0.4) is 0 Å². The van der Waals surface area contributed by atoms with Gasteiger partial charge in [0.2, 0.25) is 11.8 Å². The molecule has 2 aromatic carbocycles. The summed E-state index contributed by atoms with van der Waals surface area (Å²) in [6, 6.07) is 12.1. The molecule has 0 saturated heterocycles. The topological polar surface area (TPSA) is 90.0 Å². The van der Waals surface area contributed by atoms with Gasteiger partial charge in [-0.25, -0.2) is 23.7 Å². The van der Waals surface area contributed by atoms with E-state index in [1.54, 1.807) is 30.5 Å². The van der Waals surface area contributed by atoms with E-state index >= 15 is 0 Å². The van der Waals surface area contributed by atoms with Gasteiger partial charge in [-0.05, 0) is 76.2 Å². The second-order valence-electron chi connectivity index (χ2n) is 9.61. The molecule has 0 saturated carbocycles. The number of pyridine rings is 4. The minimum absolute atomic E-state index is 0.0227. The number of nitrogens with one attached hydrogen (secondary N) is 1. The molecule has 6 aromatic rings. The van der Waals surface area contributed by atoms with E-state index in [1.807, 2.05) is 27.7 Å². The van der Waals surface area contributed by atoms with Crippen molar-refractivity contribution in [2.75, 3.05) is 0 Å². The van der Waals surface area contributed by atoms with Gasteiger partial charge in [0.25, 0.3) is 5.56 Å². The van der Waals surface area contributed by atoms with Crippen LogP contribution in [-0.2, 0) is 0 Å². The number of benzene rings is 2. The third-order valence-electron chi connectivity index (χ3n) is 5.92. The Morgan fingerprint density at radius 1 is 0.750 bits per heavy atom. The largest absolute Gasteiger partial charge is 0.474 e. The van der Waals surface area contributed by atoms with Crippen LogP contribution in [-0.4, -0.2) is 32.1 Å². The standard InChI is InChI=1S/C15H12ClFN2O.C15H13FN2O2/c1-8(2)20-15-10-4-3-9(17)7-11(10)13-12(19-15)5-6-18-14(13)16;1-8(2)20-15-10-4-3-9(16)7-11(10)13-12(18-15)5-6-17-14(13)19/h3-8H,1-2H3;3-8H,1-2H3,(H,17,19). The Kier molecular flexibility index (Phi) is 7.49. The predicted octanol–water partition coefficient (Wildman–Crippen LogP) is 7.37. The molecule has 0 aliphatic rings. The summed E-state index contributed by atoms with van der Waals surface area (Å²) in [5.74, 6) is 0.155. The van der Waals surface area contributed by atoms with E-state index in [2.05, 4.69) is 19.9 Å². The molecule has 0 aliphatic carbocycles. The third kappa shape index (κ3) is 5.37. The van der Waals surface area contributed by atoms with Gasteiger partial charge in [0.15, 0.2) is 0 Å². The maximum Gasteiger partial charge on any atom is 0.258 e.